The van der Waals surface area contributed by atoms with E-state index in [2.05, 4.69) is 27.9 Å². The van der Waals surface area contributed by atoms with Gasteiger partial charge in [0.2, 0.25) is 0 Å². The number of likely N-dealkylation sites (tertiary alicyclic amines) is 2. The molecule has 114 valence electrons. The summed E-state index contributed by atoms with van der Waals surface area (Å²) in [4.78, 5) is 17.2. The third-order valence-corrected chi connectivity index (χ3v) is 5.61. The van der Waals surface area contributed by atoms with Gasteiger partial charge in [-0.2, -0.15) is 0 Å². The summed E-state index contributed by atoms with van der Waals surface area (Å²) in [6, 6.07) is 6.10. The van der Waals surface area contributed by atoms with Gasteiger partial charge in [-0.15, -0.1) is 0 Å². The van der Waals surface area contributed by atoms with Crippen LogP contribution in [0.3, 0.4) is 0 Å². The molecule has 2 fully saturated rings. The third-order valence-electron chi connectivity index (χ3n) is 4.79. The van der Waals surface area contributed by atoms with Gasteiger partial charge in [0.15, 0.2) is 0 Å². The fourth-order valence-corrected chi connectivity index (χ4v) is 4.23. The highest BCUT2D eigenvalue weighted by Crippen LogP contribution is 2.31. The second-order valence-corrected chi connectivity index (χ2v) is 7.44. The number of amides is 1. The van der Waals surface area contributed by atoms with Gasteiger partial charge in [-0.25, -0.2) is 0 Å². The lowest BCUT2D eigenvalue weighted by Gasteiger charge is -2.46. The maximum Gasteiger partial charge on any atom is 0.255 e. The van der Waals surface area contributed by atoms with Crippen molar-refractivity contribution in [3.63, 3.8) is 0 Å². The van der Waals surface area contributed by atoms with Crippen LogP contribution < -0.4 is 0 Å². The van der Waals surface area contributed by atoms with E-state index in [9.17, 15) is 4.79 Å². The van der Waals surface area contributed by atoms with Crippen molar-refractivity contribution in [3.05, 3.63) is 33.3 Å². The summed E-state index contributed by atoms with van der Waals surface area (Å²) in [5, 5.41) is 0.533. The molecule has 0 spiro atoms. The highest BCUT2D eigenvalue weighted by molar-refractivity contribution is 9.10. The summed E-state index contributed by atoms with van der Waals surface area (Å²) < 4.78 is 0.891. The van der Waals surface area contributed by atoms with E-state index in [4.69, 9.17) is 11.6 Å². The zero-order valence-electron chi connectivity index (χ0n) is 12.2. The zero-order chi connectivity index (χ0) is 15.0. The van der Waals surface area contributed by atoms with Gasteiger partial charge in [-0.1, -0.05) is 27.5 Å². The Hall–Kier alpha value is -0.580. The first-order valence-corrected chi connectivity index (χ1v) is 8.68. The molecule has 2 aliphatic rings. The molecule has 0 saturated carbocycles. The summed E-state index contributed by atoms with van der Waals surface area (Å²) in [6.07, 6.45) is 3.53. The SMILES string of the molecule is CN1CCCC2CN(C(=O)c3cc(Br)ccc3Cl)CCC21. The number of benzene rings is 1. The fourth-order valence-electron chi connectivity index (χ4n) is 3.67. The fraction of sp³-hybridized carbons (Fsp3) is 0.562. The van der Waals surface area contributed by atoms with Crippen LogP contribution in [0.25, 0.3) is 0 Å². The maximum absolute atomic E-state index is 12.7. The van der Waals surface area contributed by atoms with Gasteiger partial charge < -0.3 is 9.80 Å². The van der Waals surface area contributed by atoms with Crippen molar-refractivity contribution >= 4 is 33.4 Å². The number of hydrogen-bond acceptors (Lipinski definition) is 2. The Morgan fingerprint density at radius 3 is 2.95 bits per heavy atom. The molecule has 0 N–H and O–H groups in total. The number of carbonyl (C=O) groups excluding carboxylic acids is 1. The monoisotopic (exact) mass is 370 g/mol. The molecule has 3 nitrogen and oxygen atoms in total. The lowest BCUT2D eigenvalue weighted by Crippen LogP contribution is -2.53. The van der Waals surface area contributed by atoms with Crippen LogP contribution in [-0.2, 0) is 0 Å². The minimum atomic E-state index is 0.0629. The normalized spacial score (nSPS) is 26.5. The van der Waals surface area contributed by atoms with Gasteiger partial charge in [-0.3, -0.25) is 4.79 Å². The van der Waals surface area contributed by atoms with Gasteiger partial charge in [0.05, 0.1) is 10.6 Å². The molecule has 1 aromatic carbocycles. The topological polar surface area (TPSA) is 23.6 Å². The van der Waals surface area contributed by atoms with Crippen molar-refractivity contribution in [1.82, 2.24) is 9.80 Å². The number of halogens is 2. The third kappa shape index (κ3) is 3.13. The zero-order valence-corrected chi connectivity index (χ0v) is 14.5. The molecule has 2 heterocycles. The van der Waals surface area contributed by atoms with Crippen molar-refractivity contribution < 1.29 is 4.79 Å². The molecular formula is C16H20BrClN2O. The van der Waals surface area contributed by atoms with E-state index in [0.717, 1.165) is 24.0 Å². The molecule has 2 aliphatic heterocycles. The van der Waals surface area contributed by atoms with E-state index < -0.39 is 0 Å². The van der Waals surface area contributed by atoms with E-state index >= 15 is 0 Å². The Kier molecular flexibility index (Phi) is 4.57. The molecule has 2 atom stereocenters. The Bertz CT molecular complexity index is 551. The number of piperidine rings is 2. The average Bonchev–Trinajstić information content (AvgIpc) is 2.49. The van der Waals surface area contributed by atoms with Crippen LogP contribution in [0.4, 0.5) is 0 Å². The minimum absolute atomic E-state index is 0.0629. The number of carbonyl (C=O) groups is 1. The van der Waals surface area contributed by atoms with Crippen LogP contribution >= 0.6 is 27.5 Å². The van der Waals surface area contributed by atoms with Crippen LogP contribution in [0.2, 0.25) is 5.02 Å². The Morgan fingerprint density at radius 2 is 2.14 bits per heavy atom. The molecule has 0 radical (unpaired) electrons. The molecule has 21 heavy (non-hydrogen) atoms. The smallest absolute Gasteiger partial charge is 0.255 e. The summed E-state index contributed by atoms with van der Waals surface area (Å²) in [7, 11) is 2.21. The van der Waals surface area contributed by atoms with Crippen LogP contribution in [0.5, 0.6) is 0 Å². The summed E-state index contributed by atoms with van der Waals surface area (Å²) in [5.74, 6) is 0.667. The van der Waals surface area contributed by atoms with E-state index in [-0.39, 0.29) is 5.91 Å². The van der Waals surface area contributed by atoms with Crippen molar-refractivity contribution in [1.29, 1.82) is 0 Å². The van der Waals surface area contributed by atoms with Gasteiger partial charge in [0.25, 0.3) is 5.91 Å². The standard InChI is InChI=1S/C16H20BrClN2O/c1-19-7-2-3-11-10-20(8-6-15(11)19)16(21)13-9-12(17)4-5-14(13)18/h4-5,9,11,15H,2-3,6-8,10H2,1H3. The molecule has 0 aliphatic carbocycles. The first kappa shape index (κ1) is 15.3. The lowest BCUT2D eigenvalue weighted by atomic mass is 9.84. The molecular weight excluding hydrogens is 352 g/mol. The number of rotatable bonds is 1. The van der Waals surface area contributed by atoms with Crippen LogP contribution in [-0.4, -0.2) is 48.4 Å². The van der Waals surface area contributed by atoms with Gasteiger partial charge in [0.1, 0.15) is 0 Å². The molecule has 2 saturated heterocycles. The predicted molar refractivity (Wildman–Crippen MR) is 88.8 cm³/mol. The Labute approximate surface area is 139 Å². The quantitative estimate of drug-likeness (QED) is 0.752. The first-order chi connectivity index (χ1) is 10.1. The molecule has 5 heteroatoms. The van der Waals surface area contributed by atoms with Crippen molar-refractivity contribution in [2.75, 3.05) is 26.7 Å². The van der Waals surface area contributed by atoms with E-state index in [0.29, 0.717) is 22.5 Å². The lowest BCUT2D eigenvalue weighted by molar-refractivity contribution is 0.0317. The second-order valence-electron chi connectivity index (χ2n) is 6.11. The van der Waals surface area contributed by atoms with Crippen molar-refractivity contribution in [3.8, 4) is 0 Å². The highest BCUT2D eigenvalue weighted by atomic mass is 79.9. The van der Waals surface area contributed by atoms with Gasteiger partial charge >= 0.3 is 0 Å². The molecule has 0 bridgehead atoms. The maximum atomic E-state index is 12.7. The van der Waals surface area contributed by atoms with E-state index in [1.807, 2.05) is 17.0 Å². The molecule has 2 unspecified atom stereocenters. The van der Waals surface area contributed by atoms with E-state index in [1.165, 1.54) is 19.4 Å². The van der Waals surface area contributed by atoms with Gasteiger partial charge in [-0.05, 0) is 57.0 Å². The van der Waals surface area contributed by atoms with Gasteiger partial charge in [0, 0.05) is 23.6 Å². The Balaban J connectivity index is 1.76. The predicted octanol–water partition coefficient (Wildman–Crippen LogP) is 3.66. The van der Waals surface area contributed by atoms with Crippen molar-refractivity contribution in [2.45, 2.75) is 25.3 Å². The first-order valence-electron chi connectivity index (χ1n) is 7.51. The number of fused-ring (bicyclic) bond motifs is 1. The second kappa shape index (κ2) is 6.27. The minimum Gasteiger partial charge on any atom is -0.338 e. The average molecular weight is 372 g/mol. The molecule has 1 amide bonds. The summed E-state index contributed by atoms with van der Waals surface area (Å²) in [6.45, 7) is 2.87. The molecule has 0 aromatic heterocycles. The number of hydrogen-bond donors (Lipinski definition) is 0. The van der Waals surface area contributed by atoms with Crippen molar-refractivity contribution in [2.24, 2.45) is 5.92 Å². The molecule has 3 rings (SSSR count). The van der Waals surface area contributed by atoms with Crippen LogP contribution in [0.1, 0.15) is 29.6 Å². The van der Waals surface area contributed by atoms with E-state index in [1.54, 1.807) is 6.07 Å². The summed E-state index contributed by atoms with van der Waals surface area (Å²) >= 11 is 9.61. The largest absolute Gasteiger partial charge is 0.338 e. The van der Waals surface area contributed by atoms with Crippen LogP contribution in [0.15, 0.2) is 22.7 Å². The molecule has 1 aromatic rings. The summed E-state index contributed by atoms with van der Waals surface area (Å²) in [5.41, 5.74) is 0.605. The highest BCUT2D eigenvalue weighted by Gasteiger charge is 2.36. The number of nitrogens with zero attached hydrogens (tertiary/aromatic N) is 2. The van der Waals surface area contributed by atoms with Crippen LogP contribution in [0, 0.1) is 5.92 Å². The Morgan fingerprint density at radius 1 is 1.33 bits per heavy atom.